The Bertz CT molecular complexity index is 702. The van der Waals surface area contributed by atoms with Crippen LogP contribution in [0.15, 0.2) is 30.3 Å². The number of nitrogens with zero attached hydrogens (tertiary/aromatic N) is 2. The minimum Gasteiger partial charge on any atom is -0.334 e. The van der Waals surface area contributed by atoms with Crippen molar-refractivity contribution in [1.82, 2.24) is 19.8 Å². The summed E-state index contributed by atoms with van der Waals surface area (Å²) in [6, 6.07) is 10.4. The number of hydrogen-bond donors (Lipinski definition) is 2. The third kappa shape index (κ3) is 5.69. The summed E-state index contributed by atoms with van der Waals surface area (Å²) in [6.07, 6.45) is 3.45. The molecule has 7 nitrogen and oxygen atoms in total. The Morgan fingerprint density at radius 1 is 1.08 bits per heavy atom. The predicted molar refractivity (Wildman–Crippen MR) is 101 cm³/mol. The van der Waals surface area contributed by atoms with Crippen LogP contribution >= 0.6 is 0 Å². The first-order valence-electron chi connectivity index (χ1n) is 9.18. The van der Waals surface area contributed by atoms with Gasteiger partial charge in [-0.2, -0.15) is 0 Å². The van der Waals surface area contributed by atoms with E-state index in [1.54, 1.807) is 4.90 Å². The van der Waals surface area contributed by atoms with Crippen LogP contribution < -0.4 is 10.0 Å². The molecular formula is C18H28N4O3S. The molecule has 26 heavy (non-hydrogen) atoms. The number of rotatable bonds is 5. The van der Waals surface area contributed by atoms with Crippen molar-refractivity contribution in [3.8, 4) is 0 Å². The largest absolute Gasteiger partial charge is 0.334 e. The van der Waals surface area contributed by atoms with Gasteiger partial charge in [-0.3, -0.25) is 4.90 Å². The molecule has 2 fully saturated rings. The van der Waals surface area contributed by atoms with E-state index < -0.39 is 10.0 Å². The van der Waals surface area contributed by atoms with Gasteiger partial charge in [0, 0.05) is 44.8 Å². The SMILES string of the molecule is CS(=O)(=O)NC1CCN(C(=O)N[C@H]2CCN(Cc3ccccc3)C2)CC1. The summed E-state index contributed by atoms with van der Waals surface area (Å²) in [5, 5.41) is 3.13. The number of sulfonamides is 1. The molecule has 0 saturated carbocycles. The third-order valence-corrected chi connectivity index (χ3v) is 5.77. The Balaban J connectivity index is 1.40. The molecule has 2 aliphatic rings. The van der Waals surface area contributed by atoms with E-state index in [0.717, 1.165) is 26.1 Å². The third-order valence-electron chi connectivity index (χ3n) is 5.01. The van der Waals surface area contributed by atoms with Crippen LogP contribution in [0, 0.1) is 0 Å². The monoisotopic (exact) mass is 380 g/mol. The number of amides is 2. The predicted octanol–water partition coefficient (Wildman–Crippen LogP) is 0.984. The first-order valence-corrected chi connectivity index (χ1v) is 11.1. The first kappa shape index (κ1) is 19.1. The van der Waals surface area contributed by atoms with E-state index in [2.05, 4.69) is 27.1 Å². The quantitative estimate of drug-likeness (QED) is 0.798. The molecule has 2 amide bonds. The van der Waals surface area contributed by atoms with Gasteiger partial charge in [0.2, 0.25) is 10.0 Å². The molecule has 0 bridgehead atoms. The molecule has 1 atom stereocenters. The van der Waals surface area contributed by atoms with Crippen LogP contribution in [0.1, 0.15) is 24.8 Å². The van der Waals surface area contributed by atoms with Gasteiger partial charge in [0.25, 0.3) is 0 Å². The number of nitrogens with one attached hydrogen (secondary N) is 2. The Kier molecular flexibility index (Phi) is 6.16. The number of likely N-dealkylation sites (tertiary alicyclic amines) is 2. The Hall–Kier alpha value is -1.64. The van der Waals surface area contributed by atoms with E-state index in [-0.39, 0.29) is 18.1 Å². The highest BCUT2D eigenvalue weighted by Gasteiger charge is 2.28. The van der Waals surface area contributed by atoms with Gasteiger partial charge in [-0.15, -0.1) is 0 Å². The van der Waals surface area contributed by atoms with Gasteiger partial charge >= 0.3 is 6.03 Å². The molecule has 2 aliphatic heterocycles. The number of urea groups is 1. The normalized spacial score (nSPS) is 22.5. The summed E-state index contributed by atoms with van der Waals surface area (Å²) in [7, 11) is -3.19. The van der Waals surface area contributed by atoms with Gasteiger partial charge in [-0.25, -0.2) is 17.9 Å². The second-order valence-corrected chi connectivity index (χ2v) is 9.09. The molecule has 1 aromatic rings. The lowest BCUT2D eigenvalue weighted by Gasteiger charge is -2.32. The number of carbonyl (C=O) groups is 1. The fraction of sp³-hybridized carbons (Fsp3) is 0.611. The molecular weight excluding hydrogens is 352 g/mol. The van der Waals surface area contributed by atoms with Gasteiger partial charge in [-0.05, 0) is 24.8 Å². The smallest absolute Gasteiger partial charge is 0.317 e. The van der Waals surface area contributed by atoms with Crippen LogP contribution in [0.2, 0.25) is 0 Å². The van der Waals surface area contributed by atoms with E-state index >= 15 is 0 Å². The Morgan fingerprint density at radius 2 is 1.73 bits per heavy atom. The summed E-state index contributed by atoms with van der Waals surface area (Å²) in [4.78, 5) is 16.6. The number of carbonyl (C=O) groups excluding carboxylic acids is 1. The minimum absolute atomic E-state index is 0.0330. The van der Waals surface area contributed by atoms with Gasteiger partial charge in [0.1, 0.15) is 0 Å². The van der Waals surface area contributed by atoms with Crippen molar-refractivity contribution in [2.75, 3.05) is 32.4 Å². The Labute approximate surface area is 155 Å². The summed E-state index contributed by atoms with van der Waals surface area (Å²) in [5.74, 6) is 0. The first-order chi connectivity index (χ1) is 12.4. The fourth-order valence-electron chi connectivity index (χ4n) is 3.70. The highest BCUT2D eigenvalue weighted by molar-refractivity contribution is 7.88. The molecule has 3 rings (SSSR count). The van der Waals surface area contributed by atoms with Crippen LogP contribution in [0.4, 0.5) is 4.79 Å². The lowest BCUT2D eigenvalue weighted by molar-refractivity contribution is 0.176. The van der Waals surface area contributed by atoms with E-state index in [0.29, 0.717) is 25.9 Å². The molecule has 0 unspecified atom stereocenters. The summed E-state index contributed by atoms with van der Waals surface area (Å²) in [5.41, 5.74) is 1.29. The van der Waals surface area contributed by atoms with Crippen molar-refractivity contribution in [2.45, 2.75) is 37.9 Å². The molecule has 0 spiro atoms. The average Bonchev–Trinajstić information content (AvgIpc) is 3.02. The zero-order chi connectivity index (χ0) is 18.6. The van der Waals surface area contributed by atoms with E-state index in [9.17, 15) is 13.2 Å². The van der Waals surface area contributed by atoms with Crippen molar-refractivity contribution in [1.29, 1.82) is 0 Å². The van der Waals surface area contributed by atoms with Crippen LogP contribution in [0.25, 0.3) is 0 Å². The van der Waals surface area contributed by atoms with E-state index in [1.807, 2.05) is 18.2 Å². The lowest BCUT2D eigenvalue weighted by atomic mass is 10.1. The molecule has 0 aliphatic carbocycles. The van der Waals surface area contributed by atoms with Gasteiger partial charge in [0.15, 0.2) is 0 Å². The maximum Gasteiger partial charge on any atom is 0.317 e. The lowest BCUT2D eigenvalue weighted by Crippen LogP contribution is -2.51. The summed E-state index contributed by atoms with van der Waals surface area (Å²) < 4.78 is 25.2. The maximum absolute atomic E-state index is 12.5. The maximum atomic E-state index is 12.5. The highest BCUT2D eigenvalue weighted by atomic mass is 32.2. The highest BCUT2D eigenvalue weighted by Crippen LogP contribution is 2.15. The molecule has 144 valence electrons. The summed E-state index contributed by atoms with van der Waals surface area (Å²) in [6.45, 7) is 3.93. The van der Waals surface area contributed by atoms with Crippen molar-refractivity contribution in [3.63, 3.8) is 0 Å². The van der Waals surface area contributed by atoms with E-state index in [1.165, 1.54) is 11.8 Å². The number of hydrogen-bond acceptors (Lipinski definition) is 4. The van der Waals surface area contributed by atoms with Crippen molar-refractivity contribution < 1.29 is 13.2 Å². The van der Waals surface area contributed by atoms with Crippen molar-refractivity contribution >= 4 is 16.1 Å². The molecule has 2 saturated heterocycles. The fourth-order valence-corrected chi connectivity index (χ4v) is 4.55. The van der Waals surface area contributed by atoms with Gasteiger partial charge in [-0.1, -0.05) is 30.3 Å². The molecule has 0 radical (unpaired) electrons. The van der Waals surface area contributed by atoms with Gasteiger partial charge in [0.05, 0.1) is 6.26 Å². The average molecular weight is 381 g/mol. The number of piperidine rings is 1. The van der Waals surface area contributed by atoms with Crippen LogP contribution in [-0.2, 0) is 16.6 Å². The molecule has 2 heterocycles. The standard InChI is InChI=1S/C18H28N4O3S/c1-26(24,25)20-16-8-11-22(12-9-16)18(23)19-17-7-10-21(14-17)13-15-5-3-2-4-6-15/h2-6,16-17,20H,7-14H2,1H3,(H,19,23)/t17-/m0/s1. The summed E-state index contributed by atoms with van der Waals surface area (Å²) >= 11 is 0. The van der Waals surface area contributed by atoms with Crippen LogP contribution in [0.3, 0.4) is 0 Å². The molecule has 8 heteroatoms. The van der Waals surface area contributed by atoms with E-state index in [4.69, 9.17) is 0 Å². The number of benzene rings is 1. The van der Waals surface area contributed by atoms with Crippen molar-refractivity contribution in [3.05, 3.63) is 35.9 Å². The molecule has 0 aromatic heterocycles. The zero-order valence-corrected chi connectivity index (χ0v) is 16.0. The second-order valence-electron chi connectivity index (χ2n) is 7.31. The van der Waals surface area contributed by atoms with Crippen LogP contribution in [-0.4, -0.2) is 68.8 Å². The molecule has 1 aromatic carbocycles. The Morgan fingerprint density at radius 3 is 2.38 bits per heavy atom. The second kappa shape index (κ2) is 8.37. The zero-order valence-electron chi connectivity index (χ0n) is 15.2. The van der Waals surface area contributed by atoms with Crippen molar-refractivity contribution in [2.24, 2.45) is 0 Å². The topological polar surface area (TPSA) is 81.8 Å². The van der Waals surface area contributed by atoms with Crippen LogP contribution in [0.5, 0.6) is 0 Å². The minimum atomic E-state index is -3.19. The van der Waals surface area contributed by atoms with Gasteiger partial charge < -0.3 is 10.2 Å². The molecule has 2 N–H and O–H groups in total.